The number of thiophene rings is 4. The van der Waals surface area contributed by atoms with Crippen LogP contribution in [-0.4, -0.2) is 29.4 Å². The number of Topliss-reactive ketones (excluding diaryl/α,β-unsaturated/α-hetero) is 2. The van der Waals surface area contributed by atoms with Crippen molar-refractivity contribution >= 4 is 210 Å². The summed E-state index contributed by atoms with van der Waals surface area (Å²) in [7, 11) is 0. The molecule has 19 heteroatoms. The van der Waals surface area contributed by atoms with Gasteiger partial charge in [0.05, 0.1) is 107 Å². The first kappa shape index (κ1) is 93.5. The Morgan fingerprint density at radius 2 is 0.702 bits per heavy atom. The number of nitriles is 2. The van der Waals surface area contributed by atoms with Crippen LogP contribution in [0.4, 0.5) is 0 Å². The second kappa shape index (κ2) is 47.0. The maximum absolute atomic E-state index is 14.6. The molecule has 640 valence electrons. The molecule has 10 nitrogen and oxygen atoms in total. The Labute approximate surface area is 760 Å². The number of allylic oxidation sites excluding steroid dienone is 10. The van der Waals surface area contributed by atoms with Crippen LogP contribution in [0.2, 0.25) is 20.1 Å². The number of hydrogen-bond acceptors (Lipinski definition) is 11. The van der Waals surface area contributed by atoms with Crippen molar-refractivity contribution in [3.05, 3.63) is 157 Å². The van der Waals surface area contributed by atoms with Gasteiger partial charge in [0.25, 0.3) is 11.4 Å². The number of hydrogen-bond donors (Lipinski definition) is 0. The molecule has 0 aliphatic heterocycles. The lowest BCUT2D eigenvalue weighted by Crippen LogP contribution is -2.14. The number of nitrogens with zero attached hydrogens (tertiary/aromatic N) is 8. The molecular formula is C102H122Cl4N8O2S5. The van der Waals surface area contributed by atoms with Gasteiger partial charge in [0.2, 0.25) is 0 Å². The zero-order valence-electron chi connectivity index (χ0n) is 72.4. The van der Waals surface area contributed by atoms with Gasteiger partial charge in [-0.25, -0.2) is 20.2 Å². The first-order valence-electron chi connectivity index (χ1n) is 46.2. The molecular weight excluding hydrogens is 1670 g/mol. The van der Waals surface area contributed by atoms with Gasteiger partial charge in [0.1, 0.15) is 11.0 Å². The summed E-state index contributed by atoms with van der Waals surface area (Å²) >= 11 is 35.5. The van der Waals surface area contributed by atoms with E-state index in [0.717, 1.165) is 98.1 Å². The molecule has 2 atom stereocenters. The second-order valence-electron chi connectivity index (χ2n) is 34.2. The van der Waals surface area contributed by atoms with Gasteiger partial charge in [0.15, 0.2) is 11.6 Å². The highest BCUT2D eigenvalue weighted by molar-refractivity contribution is 7.34. The molecule has 10 aromatic rings. The van der Waals surface area contributed by atoms with Gasteiger partial charge in [-0.2, -0.15) is 8.75 Å². The Morgan fingerprint density at radius 1 is 0.405 bits per heavy atom. The third kappa shape index (κ3) is 21.9. The summed E-state index contributed by atoms with van der Waals surface area (Å²) in [6.07, 6.45) is 64.9. The number of ketones is 2. The Bertz CT molecular complexity index is 5310. The first-order valence-corrected chi connectivity index (χ1v) is 51.7. The smallest absolute Gasteiger partial charge is 0.270 e. The summed E-state index contributed by atoms with van der Waals surface area (Å²) in [4.78, 5) is 38.8. The molecule has 7 heterocycles. The number of fused-ring (bicyclic) bond motifs is 16. The van der Waals surface area contributed by atoms with Gasteiger partial charge in [-0.05, 0) is 122 Å². The van der Waals surface area contributed by atoms with E-state index in [9.17, 15) is 20.1 Å². The highest BCUT2D eigenvalue weighted by atomic mass is 35.5. The molecule has 2 aliphatic carbocycles. The van der Waals surface area contributed by atoms with Crippen LogP contribution in [0.3, 0.4) is 0 Å². The van der Waals surface area contributed by atoms with Crippen molar-refractivity contribution in [1.29, 1.82) is 10.5 Å². The molecule has 7 aromatic heterocycles. The number of aryl methyl sites for hydroxylation is 2. The van der Waals surface area contributed by atoms with Crippen LogP contribution in [0, 0.1) is 47.6 Å². The summed E-state index contributed by atoms with van der Waals surface area (Å²) in [5.74, 6) is 0.248. The van der Waals surface area contributed by atoms with E-state index in [1.54, 1.807) is 36.4 Å². The van der Waals surface area contributed by atoms with Crippen LogP contribution < -0.4 is 0 Å². The number of carbonyl (C=O) groups excluding carboxylic acids is 2. The average Bonchev–Trinajstić information content (AvgIpc) is 1.50. The molecule has 0 fully saturated rings. The quantitative estimate of drug-likeness (QED) is 0.0162. The summed E-state index contributed by atoms with van der Waals surface area (Å²) in [6, 6.07) is 10.6. The largest absolute Gasteiger partial charge is 0.337 e. The Balaban J connectivity index is 1.12. The van der Waals surface area contributed by atoms with Gasteiger partial charge in [0, 0.05) is 67.0 Å². The van der Waals surface area contributed by atoms with Crippen LogP contribution in [0.15, 0.2) is 71.1 Å². The van der Waals surface area contributed by atoms with Crippen molar-refractivity contribution in [2.24, 2.45) is 11.8 Å². The normalized spacial score (nSPS) is 15.2. The molecule has 121 heavy (non-hydrogen) atoms. The number of halogens is 4. The lowest BCUT2D eigenvalue weighted by Gasteiger charge is -2.22. The fraction of sp³-hybridized carbons (Fsp3) is 0.529. The van der Waals surface area contributed by atoms with E-state index in [-0.39, 0.29) is 65.3 Å². The monoisotopic (exact) mass is 1790 g/mol. The number of unbranched alkanes of at least 4 members (excludes halogenated alkanes) is 32. The zero-order valence-corrected chi connectivity index (χ0v) is 79.5. The van der Waals surface area contributed by atoms with Crippen molar-refractivity contribution in [2.45, 2.75) is 337 Å². The van der Waals surface area contributed by atoms with Gasteiger partial charge in [-0.1, -0.05) is 343 Å². The van der Waals surface area contributed by atoms with Crippen LogP contribution in [0.1, 0.15) is 364 Å². The maximum Gasteiger partial charge on any atom is 0.270 e. The van der Waals surface area contributed by atoms with Crippen molar-refractivity contribution in [2.75, 3.05) is 0 Å². The van der Waals surface area contributed by atoms with E-state index >= 15 is 0 Å². The van der Waals surface area contributed by atoms with E-state index in [1.165, 1.54) is 302 Å². The Kier molecular flexibility index (Phi) is 36.3. The Morgan fingerprint density at radius 3 is 1.02 bits per heavy atom. The molecule has 3 aromatic carbocycles. The van der Waals surface area contributed by atoms with E-state index < -0.39 is 0 Å². The fourth-order valence-corrected chi connectivity index (χ4v) is 25.9. The van der Waals surface area contributed by atoms with Crippen molar-refractivity contribution < 1.29 is 9.59 Å². The van der Waals surface area contributed by atoms with Gasteiger partial charge in [-0.3, -0.25) is 9.59 Å². The standard InChI is InChI=1S/C102H122Cl4N8O2S5/c1-9-15-21-27-31-33-35-39-45-53-69-83(57-47-55-71-85(81(63-107)109-7)73-59-77(103)79(105)61-75(73)95(71)115)117-101-93-99(119-97(69)101)87-89-90(112-121-111-89)88-92(91(87)113(93)65-67(49-41-25-19-13-5)51-43-37-29-23-17-11-3)114(66-68(50-42-26-20-14-6)52-44-38-30-24-18-12-4)94-100(88)120-98-70(54-46-40-36-34-32-28-22-16-10-2)84(118-102(94)98)58-48-56-72-86(82(64-108)110-8)74-60-78(104)80(106)62-76(74)96(72)116/h47-48,55-62,67-68H,9-46,49-54,65-66H2,1-6H3/b57-47+,58-48+,71-55-,72-56-,85-81-,86-82+. The van der Waals surface area contributed by atoms with Crippen molar-refractivity contribution in [3.63, 3.8) is 0 Å². The lowest BCUT2D eigenvalue weighted by atomic mass is 9.93. The SMILES string of the molecule is [C-]#[N+]\C(C#N)=C1/C(=C/C=C/c2sc3c(sc4c5c6nsnc6c6c7sc8c(CCCCCCCCCCC)c(/C=C/C=C9\C(=O)c%10cc(Cl)c(Cl)cc%10\C9=C(\C#N)[N+]#[C-])sc8c7n(CC(CCCCCC)CCCCCCCC)c6c5n(CC(CCCCCC)CCCCCCCC)c34)c2CCCCCCCCCCC)C(=O)c2cc(Cl)c(Cl)cc21. The van der Waals surface area contributed by atoms with Gasteiger partial charge < -0.3 is 9.13 Å². The summed E-state index contributed by atoms with van der Waals surface area (Å²) in [6.45, 7) is 31.8. The Hall–Kier alpha value is -6.70. The summed E-state index contributed by atoms with van der Waals surface area (Å²) in [5, 5.41) is 24.3. The predicted molar refractivity (Wildman–Crippen MR) is 526 cm³/mol. The summed E-state index contributed by atoms with van der Waals surface area (Å²) in [5.41, 5.74) is 12.1. The van der Waals surface area contributed by atoms with Crippen molar-refractivity contribution in [1.82, 2.24) is 17.9 Å². The lowest BCUT2D eigenvalue weighted by molar-refractivity contribution is 0.103. The third-order valence-electron chi connectivity index (χ3n) is 25.4. The van der Waals surface area contributed by atoms with E-state index in [1.807, 2.05) is 57.5 Å². The molecule has 0 saturated carbocycles. The molecule has 12 rings (SSSR count). The van der Waals surface area contributed by atoms with Crippen LogP contribution in [0.5, 0.6) is 0 Å². The van der Waals surface area contributed by atoms with E-state index in [0.29, 0.717) is 34.1 Å². The molecule has 0 saturated heterocycles. The van der Waals surface area contributed by atoms with Gasteiger partial charge in [-0.15, -0.1) is 45.3 Å². The maximum atomic E-state index is 14.6. The van der Waals surface area contributed by atoms with Crippen molar-refractivity contribution in [3.8, 4) is 12.1 Å². The first-order chi connectivity index (χ1) is 59.2. The predicted octanol–water partition coefficient (Wildman–Crippen LogP) is 35.9. The van der Waals surface area contributed by atoms with Crippen LogP contribution >= 0.6 is 103 Å². The van der Waals surface area contributed by atoms with Crippen LogP contribution in [-0.2, 0) is 25.9 Å². The van der Waals surface area contributed by atoms with Crippen LogP contribution in [0.25, 0.3) is 105 Å². The minimum absolute atomic E-state index is 0.166. The molecule has 0 N–H and O–H groups in total. The number of rotatable bonds is 52. The third-order valence-corrected chi connectivity index (χ3v) is 32.5. The van der Waals surface area contributed by atoms with E-state index in [4.69, 9.17) is 68.3 Å². The second-order valence-corrected chi connectivity index (χ2v) is 40.5. The van der Waals surface area contributed by atoms with E-state index in [2.05, 4.69) is 84.7 Å². The molecule has 0 bridgehead atoms. The van der Waals surface area contributed by atoms with Gasteiger partial charge >= 0.3 is 0 Å². The number of benzene rings is 3. The molecule has 0 amide bonds. The fourth-order valence-electron chi connectivity index (χ4n) is 18.9. The topological polar surface area (TPSA) is 126 Å². The number of aromatic nitrogens is 4. The number of carbonyl (C=O) groups is 2. The molecule has 2 aliphatic rings. The average molecular weight is 1790 g/mol. The zero-order chi connectivity index (χ0) is 85.3. The highest BCUT2D eigenvalue weighted by Gasteiger charge is 2.37. The molecule has 2 unspecified atom stereocenters. The summed E-state index contributed by atoms with van der Waals surface area (Å²) < 4.78 is 24.6. The minimum atomic E-state index is -0.294. The minimum Gasteiger partial charge on any atom is -0.337 e. The molecule has 0 spiro atoms. The highest BCUT2D eigenvalue weighted by Crippen LogP contribution is 2.56. The molecule has 0 radical (unpaired) electrons.